The Labute approximate surface area is 216 Å². The van der Waals surface area contributed by atoms with Crippen LogP contribution in [0.5, 0.6) is 5.88 Å². The van der Waals surface area contributed by atoms with Gasteiger partial charge in [-0.3, -0.25) is 0 Å². The van der Waals surface area contributed by atoms with Crippen LogP contribution in [0, 0.1) is 6.92 Å². The molecular formula is C25H44BNO9. The summed E-state index contributed by atoms with van der Waals surface area (Å²) in [4.78, 5) is 4.40. The molecule has 2 rings (SSSR count). The number of hydrogen-bond acceptors (Lipinski definition) is 10. The van der Waals surface area contributed by atoms with Crippen LogP contribution in [0.2, 0.25) is 0 Å². The zero-order valence-corrected chi connectivity index (χ0v) is 22.8. The SMILES string of the molecule is COCCOCCOCCOCCOCCOCCOc1cc(C)c(B2OC(C)(C)C(C)(C)O2)cn1. The van der Waals surface area contributed by atoms with E-state index in [-0.39, 0.29) is 11.2 Å². The van der Waals surface area contributed by atoms with Crippen molar-refractivity contribution in [2.75, 3.05) is 86.4 Å². The van der Waals surface area contributed by atoms with E-state index in [9.17, 15) is 0 Å². The Morgan fingerprint density at radius 1 is 0.694 bits per heavy atom. The average Bonchev–Trinajstić information content (AvgIpc) is 3.04. The Kier molecular flexibility index (Phi) is 14.2. The van der Waals surface area contributed by atoms with E-state index in [2.05, 4.69) is 4.98 Å². The summed E-state index contributed by atoms with van der Waals surface area (Å²) in [7, 11) is 1.21. The molecule has 0 unspecified atom stereocenters. The maximum atomic E-state index is 6.12. The van der Waals surface area contributed by atoms with Crippen LogP contribution >= 0.6 is 0 Å². The van der Waals surface area contributed by atoms with Crippen molar-refractivity contribution in [2.24, 2.45) is 0 Å². The van der Waals surface area contributed by atoms with E-state index in [4.69, 9.17) is 42.5 Å². The van der Waals surface area contributed by atoms with Gasteiger partial charge in [-0.05, 0) is 40.2 Å². The average molecular weight is 513 g/mol. The smallest absolute Gasteiger partial charge is 0.475 e. The number of aryl methyl sites for hydroxylation is 1. The fourth-order valence-electron chi connectivity index (χ4n) is 3.17. The molecule has 0 N–H and O–H groups in total. The van der Waals surface area contributed by atoms with Gasteiger partial charge in [-0.2, -0.15) is 0 Å². The van der Waals surface area contributed by atoms with Gasteiger partial charge in [0.1, 0.15) is 6.61 Å². The van der Waals surface area contributed by atoms with Gasteiger partial charge < -0.3 is 42.5 Å². The second kappa shape index (κ2) is 16.5. The van der Waals surface area contributed by atoms with Gasteiger partial charge in [-0.1, -0.05) is 0 Å². The van der Waals surface area contributed by atoms with E-state index in [1.807, 2.05) is 40.7 Å². The van der Waals surface area contributed by atoms with E-state index >= 15 is 0 Å². The summed E-state index contributed by atoms with van der Waals surface area (Å²) in [6.07, 6.45) is 1.76. The van der Waals surface area contributed by atoms with Crippen LogP contribution in [0.25, 0.3) is 0 Å². The minimum atomic E-state index is -0.435. The van der Waals surface area contributed by atoms with Crippen molar-refractivity contribution in [1.82, 2.24) is 4.98 Å². The molecule has 0 spiro atoms. The zero-order valence-electron chi connectivity index (χ0n) is 22.8. The first-order chi connectivity index (χ1) is 17.3. The molecule has 0 amide bonds. The largest absolute Gasteiger partial charge is 0.496 e. The summed E-state index contributed by atoms with van der Waals surface area (Å²) in [5, 5.41) is 0. The Morgan fingerprint density at radius 3 is 1.53 bits per heavy atom. The van der Waals surface area contributed by atoms with E-state index in [0.717, 1.165) is 11.0 Å². The molecule has 0 radical (unpaired) electrons. The molecule has 1 saturated heterocycles. The fourth-order valence-corrected chi connectivity index (χ4v) is 3.17. The van der Waals surface area contributed by atoms with Gasteiger partial charge in [0.2, 0.25) is 5.88 Å². The normalized spacial score (nSPS) is 16.6. The van der Waals surface area contributed by atoms with Crippen LogP contribution in [-0.2, 0) is 37.7 Å². The molecule has 0 aliphatic carbocycles. The summed E-state index contributed by atoms with van der Waals surface area (Å²) in [5.41, 5.74) is 1.15. The molecule has 36 heavy (non-hydrogen) atoms. The molecule has 0 aromatic carbocycles. The molecule has 1 aliphatic rings. The van der Waals surface area contributed by atoms with Crippen molar-refractivity contribution in [3.05, 3.63) is 17.8 Å². The quantitative estimate of drug-likeness (QED) is 0.190. The lowest BCUT2D eigenvalue weighted by atomic mass is 9.77. The van der Waals surface area contributed by atoms with Gasteiger partial charge in [0, 0.05) is 24.8 Å². The number of rotatable bonds is 20. The second-order valence-corrected chi connectivity index (χ2v) is 9.37. The molecule has 0 saturated carbocycles. The monoisotopic (exact) mass is 513 g/mol. The van der Waals surface area contributed by atoms with Crippen molar-refractivity contribution in [3.8, 4) is 5.88 Å². The lowest BCUT2D eigenvalue weighted by molar-refractivity contribution is -0.0159. The summed E-state index contributed by atoms with van der Waals surface area (Å²) in [5.74, 6) is 0.548. The number of ether oxygens (including phenoxy) is 7. The van der Waals surface area contributed by atoms with Crippen LogP contribution in [-0.4, -0.2) is 110 Å². The molecule has 2 heterocycles. The van der Waals surface area contributed by atoms with Crippen LogP contribution in [0.15, 0.2) is 12.3 Å². The molecule has 10 nitrogen and oxygen atoms in total. The first kappa shape index (κ1) is 30.9. The molecule has 206 valence electrons. The summed E-state index contributed by atoms with van der Waals surface area (Å²) in [6, 6.07) is 1.89. The maximum Gasteiger partial charge on any atom is 0.496 e. The maximum absolute atomic E-state index is 6.12. The number of aromatic nitrogens is 1. The van der Waals surface area contributed by atoms with Crippen LogP contribution in [0.3, 0.4) is 0 Å². The molecular weight excluding hydrogens is 469 g/mol. The van der Waals surface area contributed by atoms with Crippen molar-refractivity contribution in [3.63, 3.8) is 0 Å². The third-order valence-electron chi connectivity index (χ3n) is 6.03. The Morgan fingerprint density at radius 2 is 1.11 bits per heavy atom. The second-order valence-electron chi connectivity index (χ2n) is 9.37. The van der Waals surface area contributed by atoms with E-state index < -0.39 is 7.12 Å². The molecule has 0 atom stereocenters. The van der Waals surface area contributed by atoms with Gasteiger partial charge in [0.05, 0.1) is 83.9 Å². The van der Waals surface area contributed by atoms with Crippen molar-refractivity contribution in [1.29, 1.82) is 0 Å². The Bertz CT molecular complexity index is 719. The highest BCUT2D eigenvalue weighted by Crippen LogP contribution is 2.36. The highest BCUT2D eigenvalue weighted by atomic mass is 16.7. The third-order valence-corrected chi connectivity index (χ3v) is 6.03. The highest BCUT2D eigenvalue weighted by Gasteiger charge is 2.52. The third kappa shape index (κ3) is 11.0. The number of pyridine rings is 1. The van der Waals surface area contributed by atoms with Crippen LogP contribution in [0.1, 0.15) is 33.3 Å². The number of nitrogens with zero attached hydrogens (tertiary/aromatic N) is 1. The van der Waals surface area contributed by atoms with E-state index in [0.29, 0.717) is 85.2 Å². The number of methoxy groups -OCH3 is 1. The highest BCUT2D eigenvalue weighted by molar-refractivity contribution is 6.62. The minimum Gasteiger partial charge on any atom is -0.475 e. The molecule has 1 aliphatic heterocycles. The van der Waals surface area contributed by atoms with E-state index in [1.54, 1.807) is 13.3 Å². The first-order valence-electron chi connectivity index (χ1n) is 12.6. The van der Waals surface area contributed by atoms with Gasteiger partial charge in [-0.15, -0.1) is 0 Å². The predicted octanol–water partition coefficient (Wildman–Crippen LogP) is 1.80. The Hall–Kier alpha value is -1.31. The molecule has 1 aromatic rings. The van der Waals surface area contributed by atoms with Crippen molar-refractivity contribution >= 4 is 12.6 Å². The van der Waals surface area contributed by atoms with Gasteiger partial charge in [0.25, 0.3) is 0 Å². The number of hydrogen-bond donors (Lipinski definition) is 0. The summed E-state index contributed by atoms with van der Waals surface area (Å²) in [6.45, 7) is 16.4. The lowest BCUT2D eigenvalue weighted by Gasteiger charge is -2.32. The zero-order chi connectivity index (χ0) is 26.3. The molecule has 0 bridgehead atoms. The van der Waals surface area contributed by atoms with Crippen LogP contribution < -0.4 is 10.2 Å². The van der Waals surface area contributed by atoms with Gasteiger partial charge in [0.15, 0.2) is 0 Å². The molecule has 11 heteroatoms. The molecule has 1 fully saturated rings. The van der Waals surface area contributed by atoms with Crippen LogP contribution in [0.4, 0.5) is 0 Å². The standard InChI is InChI=1S/C25H44BNO9/c1-21-19-23(27-20-22(21)26-35-24(2,3)25(4,5)36-26)34-18-17-33-16-15-32-14-13-31-12-11-30-10-9-29-8-7-28-6/h19-20H,7-18H2,1-6H3. The van der Waals surface area contributed by atoms with Gasteiger partial charge >= 0.3 is 7.12 Å². The lowest BCUT2D eigenvalue weighted by Crippen LogP contribution is -2.41. The summed E-state index contributed by atoms with van der Waals surface area (Å²) >= 11 is 0. The fraction of sp³-hybridized carbons (Fsp3) is 0.800. The van der Waals surface area contributed by atoms with Crippen molar-refractivity contribution in [2.45, 2.75) is 45.8 Å². The van der Waals surface area contributed by atoms with E-state index in [1.165, 1.54) is 0 Å². The van der Waals surface area contributed by atoms with Gasteiger partial charge in [-0.25, -0.2) is 4.98 Å². The molecule has 1 aromatic heterocycles. The predicted molar refractivity (Wildman–Crippen MR) is 136 cm³/mol. The summed E-state index contributed by atoms with van der Waals surface area (Å²) < 4.78 is 50.0. The minimum absolute atomic E-state index is 0.386. The topological polar surface area (TPSA) is 96.0 Å². The first-order valence-corrected chi connectivity index (χ1v) is 12.6. The van der Waals surface area contributed by atoms with Crippen molar-refractivity contribution < 1.29 is 42.5 Å². The Balaban J connectivity index is 1.43.